The first-order valence-corrected chi connectivity index (χ1v) is 30.2. The van der Waals surface area contributed by atoms with Gasteiger partial charge in [-0.3, -0.25) is 19.2 Å². The second-order valence-electron chi connectivity index (χ2n) is 19.4. The van der Waals surface area contributed by atoms with Crippen LogP contribution in [0.25, 0.3) is 0 Å². The lowest BCUT2D eigenvalue weighted by Gasteiger charge is -2.34. The van der Waals surface area contributed by atoms with Gasteiger partial charge >= 0.3 is 30.1 Å². The number of carbonyl (C=O) groups excluding carboxylic acids is 4. The number of carboxylic acid groups (broad SMARTS) is 4. The SMILES string of the molecule is CCC(=O)c1cc(C(=O)Cc2ccccc2)c(C(=O)O)cc1C(=O)O.CNC(=O)c1cc(C(C)(c2ccc(C(=O)O)c(C(=O)Cc3ccccc3)c2)C(F)(F)F)ccc1C(=O)O.CS(C)(=O)=O.CS(C)(=O)=O.Cc1ccccc1.Cc1ccccc1. The molecule has 0 radical (unpaired) electrons. The normalized spacial score (nSPS) is 11.3. The number of ketones is 3. The van der Waals surface area contributed by atoms with Gasteiger partial charge in [0.2, 0.25) is 0 Å². The van der Waals surface area contributed by atoms with Crippen molar-refractivity contribution in [2.24, 2.45) is 0 Å². The third-order valence-corrected chi connectivity index (χ3v) is 11.8. The lowest BCUT2D eigenvalue weighted by molar-refractivity contribution is -0.173. The van der Waals surface area contributed by atoms with Crippen LogP contribution in [0.15, 0.2) is 170 Å². The van der Waals surface area contributed by atoms with E-state index >= 15 is 0 Å². The fraction of sp³-hybridized carbons (Fsp3) is 0.219. The molecule has 7 aromatic carbocycles. The molecule has 0 aliphatic carbocycles. The molecule has 0 fully saturated rings. The maximum atomic E-state index is 14.7. The minimum absolute atomic E-state index is 0.0407. The number of aryl methyl sites for hydroxylation is 2. The van der Waals surface area contributed by atoms with E-state index in [1.807, 2.05) is 36.4 Å². The molecule has 0 heterocycles. The number of hydrogen-bond acceptors (Lipinski definition) is 12. The van der Waals surface area contributed by atoms with Crippen molar-refractivity contribution < 1.29 is 88.8 Å². The highest BCUT2D eigenvalue weighted by Crippen LogP contribution is 2.47. The fourth-order valence-electron chi connectivity index (χ4n) is 7.56. The number of aromatic carboxylic acids is 4. The summed E-state index contributed by atoms with van der Waals surface area (Å²) in [7, 11) is -4.13. The largest absolute Gasteiger partial charge is 0.478 e. The third kappa shape index (κ3) is 24.1. The molecule has 0 aliphatic rings. The molecule has 7 aromatic rings. The Morgan fingerprint density at radius 2 is 0.698 bits per heavy atom. The van der Waals surface area contributed by atoms with Crippen molar-refractivity contribution in [2.75, 3.05) is 32.1 Å². The molecule has 0 saturated carbocycles. The molecule has 0 saturated heterocycles. The molecule has 0 aliphatic heterocycles. The van der Waals surface area contributed by atoms with Crippen LogP contribution in [0.5, 0.6) is 0 Å². The Labute approximate surface area is 497 Å². The van der Waals surface area contributed by atoms with Crippen LogP contribution in [0, 0.1) is 13.8 Å². The smallest absolute Gasteiger partial charge is 0.402 e. The van der Waals surface area contributed by atoms with E-state index in [2.05, 4.69) is 43.4 Å². The van der Waals surface area contributed by atoms with Gasteiger partial charge in [0, 0.05) is 68.0 Å². The molecule has 22 heteroatoms. The van der Waals surface area contributed by atoms with Crippen LogP contribution in [-0.2, 0) is 37.9 Å². The van der Waals surface area contributed by atoms with Gasteiger partial charge in [-0.05, 0) is 79.4 Å². The minimum Gasteiger partial charge on any atom is -0.478 e. The number of amides is 1. The number of Topliss-reactive ketones (excluding diaryl/α,β-unsaturated/α-hetero) is 3. The molecule has 1 unspecified atom stereocenters. The van der Waals surface area contributed by atoms with Crippen molar-refractivity contribution in [3.63, 3.8) is 0 Å². The first-order chi connectivity index (χ1) is 39.9. The minimum atomic E-state index is -4.98. The fourth-order valence-corrected chi connectivity index (χ4v) is 7.56. The summed E-state index contributed by atoms with van der Waals surface area (Å²) in [6.07, 6.45) is -0.587. The Morgan fingerprint density at radius 1 is 0.419 bits per heavy atom. The van der Waals surface area contributed by atoms with Crippen molar-refractivity contribution in [2.45, 2.75) is 58.5 Å². The summed E-state index contributed by atoms with van der Waals surface area (Å²) >= 11 is 0. The summed E-state index contributed by atoms with van der Waals surface area (Å²) in [5, 5.41) is 39.8. The summed E-state index contributed by atoms with van der Waals surface area (Å²) in [6, 6.07) is 45.0. The molecule has 1 atom stereocenters. The first-order valence-electron chi connectivity index (χ1n) is 25.6. The van der Waals surface area contributed by atoms with Gasteiger partial charge in [0.25, 0.3) is 5.91 Å². The number of nitrogens with one attached hydrogen (secondary N) is 1. The van der Waals surface area contributed by atoms with Gasteiger partial charge in [-0.2, -0.15) is 13.2 Å². The van der Waals surface area contributed by atoms with Crippen LogP contribution in [0.2, 0.25) is 0 Å². The van der Waals surface area contributed by atoms with Gasteiger partial charge in [0.05, 0.1) is 27.8 Å². The number of alkyl halides is 3. The van der Waals surface area contributed by atoms with Gasteiger partial charge in [0.15, 0.2) is 17.3 Å². The number of sulfone groups is 2. The molecule has 0 bridgehead atoms. The summed E-state index contributed by atoms with van der Waals surface area (Å²) in [5.74, 6) is -8.38. The van der Waals surface area contributed by atoms with Crippen LogP contribution in [0.3, 0.4) is 0 Å². The molecular weight excluding hydrogens is 1160 g/mol. The highest BCUT2D eigenvalue weighted by Gasteiger charge is 2.54. The van der Waals surface area contributed by atoms with Gasteiger partial charge in [0.1, 0.15) is 25.1 Å². The molecule has 456 valence electrons. The zero-order valence-corrected chi connectivity index (χ0v) is 50.1. The van der Waals surface area contributed by atoms with Gasteiger partial charge < -0.3 is 25.7 Å². The Kier molecular flexibility index (Phi) is 28.0. The Balaban J connectivity index is 0.000000434. The molecule has 0 spiro atoms. The zero-order valence-electron chi connectivity index (χ0n) is 48.4. The quantitative estimate of drug-likeness (QED) is 0.0596. The highest BCUT2D eigenvalue weighted by molar-refractivity contribution is 7.90. The lowest BCUT2D eigenvalue weighted by Crippen LogP contribution is -2.41. The Bertz CT molecular complexity index is 3660. The second kappa shape index (κ2) is 33.2. The topological polar surface area (TPSA) is 298 Å². The van der Waals surface area contributed by atoms with E-state index in [1.54, 1.807) is 67.6 Å². The van der Waals surface area contributed by atoms with E-state index in [0.717, 1.165) is 80.5 Å². The standard InChI is InChI=1S/C27H22F3NO6.C19H16O6.2C7H8.2C2H6O2S/c1-26(27(28,29)30,17-9-11-19(25(36)37)21(14-17)23(33)31-2)16-8-10-18(24(34)35)20(13-16)22(32)12-15-6-4-3-5-7-15;1-2-16(20)12-9-13(15(19(24)25)10-14(12)18(22)23)17(21)8-11-6-4-3-5-7-11;2*1-7-5-3-2-4-6-7;2*1-5(2,3)4/h3-11,13-14H,12H2,1-2H3,(H,31,33)(H,34,35)(H,36,37);3-7,9-10H,2,8H2,1H3,(H,22,23)(H,24,25);2*2-6H,1H3;2*1-2H3. The number of halogens is 3. The Hall–Kier alpha value is -9.41. The maximum absolute atomic E-state index is 14.7. The van der Waals surface area contributed by atoms with Gasteiger partial charge in [-0.1, -0.05) is 152 Å². The first kappa shape index (κ1) is 72.7. The van der Waals surface area contributed by atoms with Crippen LogP contribution < -0.4 is 5.32 Å². The predicted octanol–water partition coefficient (Wildman–Crippen LogP) is 11.1. The van der Waals surface area contributed by atoms with Crippen molar-refractivity contribution >= 4 is 66.8 Å². The molecule has 7 rings (SSSR count). The summed E-state index contributed by atoms with van der Waals surface area (Å²) in [5.41, 5.74) is -2.86. The van der Waals surface area contributed by atoms with E-state index < -0.39 is 123 Å². The monoisotopic (exact) mass is 1230 g/mol. The highest BCUT2D eigenvalue weighted by atomic mass is 32.2. The van der Waals surface area contributed by atoms with Crippen LogP contribution in [0.4, 0.5) is 13.2 Å². The van der Waals surface area contributed by atoms with Crippen LogP contribution >= 0.6 is 0 Å². The maximum Gasteiger partial charge on any atom is 0.402 e. The van der Waals surface area contributed by atoms with E-state index in [0.29, 0.717) is 11.1 Å². The molecule has 0 aromatic heterocycles. The van der Waals surface area contributed by atoms with Crippen molar-refractivity contribution in [3.8, 4) is 0 Å². The molecule has 5 N–H and O–H groups in total. The van der Waals surface area contributed by atoms with Crippen molar-refractivity contribution in [3.05, 3.63) is 248 Å². The van der Waals surface area contributed by atoms with Crippen molar-refractivity contribution in [1.29, 1.82) is 0 Å². The summed E-state index contributed by atoms with van der Waals surface area (Å²) in [6.45, 7) is 6.54. The molecule has 86 heavy (non-hydrogen) atoms. The van der Waals surface area contributed by atoms with Crippen molar-refractivity contribution in [1.82, 2.24) is 5.32 Å². The van der Waals surface area contributed by atoms with Gasteiger partial charge in [-0.25, -0.2) is 36.0 Å². The van der Waals surface area contributed by atoms with E-state index in [-0.39, 0.29) is 30.4 Å². The molecule has 17 nitrogen and oxygen atoms in total. The predicted molar refractivity (Wildman–Crippen MR) is 321 cm³/mol. The van der Waals surface area contributed by atoms with Crippen LogP contribution in [-0.4, -0.2) is 123 Å². The average molecular weight is 1230 g/mol. The molecule has 1 amide bonds. The molecular formula is C64H66F3NO16S2. The second-order valence-corrected chi connectivity index (χ2v) is 24.0. The number of benzene rings is 7. The Morgan fingerprint density at radius 3 is 0.977 bits per heavy atom. The third-order valence-electron chi connectivity index (χ3n) is 11.8. The number of carboxylic acids is 4. The van der Waals surface area contributed by atoms with Crippen LogP contribution in [0.1, 0.15) is 137 Å². The van der Waals surface area contributed by atoms with E-state index in [4.69, 9.17) is 0 Å². The van der Waals surface area contributed by atoms with Gasteiger partial charge in [-0.15, -0.1) is 0 Å². The number of carbonyl (C=O) groups is 8. The number of rotatable bonds is 15. The van der Waals surface area contributed by atoms with E-state index in [9.17, 15) is 88.8 Å². The number of hydrogen-bond donors (Lipinski definition) is 5. The summed E-state index contributed by atoms with van der Waals surface area (Å²) in [4.78, 5) is 96.1. The zero-order chi connectivity index (χ0) is 65.3. The lowest BCUT2D eigenvalue weighted by atomic mass is 9.73. The summed E-state index contributed by atoms with van der Waals surface area (Å²) < 4.78 is 82.5. The average Bonchev–Trinajstić information content (AvgIpc) is 1.58. The van der Waals surface area contributed by atoms with E-state index in [1.165, 1.54) is 18.2 Å².